The molecule has 0 radical (unpaired) electrons. The van der Waals surface area contributed by atoms with Crippen molar-refractivity contribution in [3.8, 4) is 0 Å². The summed E-state index contributed by atoms with van der Waals surface area (Å²) >= 11 is 0. The summed E-state index contributed by atoms with van der Waals surface area (Å²) < 4.78 is 52.3. The van der Waals surface area contributed by atoms with Crippen LogP contribution in [0.5, 0.6) is 0 Å². The van der Waals surface area contributed by atoms with Crippen molar-refractivity contribution in [3.63, 3.8) is 0 Å². The van der Waals surface area contributed by atoms with E-state index in [1.807, 2.05) is 60.7 Å². The van der Waals surface area contributed by atoms with Gasteiger partial charge in [-0.2, -0.15) is 0 Å². The van der Waals surface area contributed by atoms with Crippen LogP contribution in [0.25, 0.3) is 0 Å². The molecule has 0 aromatic heterocycles. The number of hydrogen-bond donors (Lipinski definition) is 2. The van der Waals surface area contributed by atoms with E-state index in [2.05, 4.69) is 9.44 Å². The molecule has 0 amide bonds. The van der Waals surface area contributed by atoms with E-state index in [1.54, 1.807) is 0 Å². The van der Waals surface area contributed by atoms with Crippen LogP contribution >= 0.6 is 0 Å². The van der Waals surface area contributed by atoms with Gasteiger partial charge in [0.25, 0.3) is 0 Å². The quantitative estimate of drug-likeness (QED) is 0.639. The predicted octanol–water partition coefficient (Wildman–Crippen LogP) is 1.66. The molecule has 6 nitrogen and oxygen atoms in total. The maximum Gasteiger partial charge on any atom is 0.230 e. The van der Waals surface area contributed by atoms with Gasteiger partial charge in [0.2, 0.25) is 20.0 Å². The molecule has 2 rings (SSSR count). The van der Waals surface area contributed by atoms with Gasteiger partial charge in [-0.05, 0) is 30.9 Å². The van der Waals surface area contributed by atoms with Crippen LogP contribution in [-0.2, 0) is 32.9 Å². The highest BCUT2D eigenvalue weighted by molar-refractivity contribution is 8.07. The van der Waals surface area contributed by atoms with Gasteiger partial charge in [-0.15, -0.1) is 0 Å². The predicted molar refractivity (Wildman–Crippen MR) is 104 cm³/mol. The first-order chi connectivity index (χ1) is 12.3. The highest BCUT2D eigenvalue weighted by Crippen LogP contribution is 2.08. The molecule has 0 bridgehead atoms. The highest BCUT2D eigenvalue weighted by Gasteiger charge is 2.32. The van der Waals surface area contributed by atoms with E-state index in [4.69, 9.17) is 0 Å². The van der Waals surface area contributed by atoms with Gasteiger partial charge in [0.15, 0.2) is 4.58 Å². The van der Waals surface area contributed by atoms with Crippen LogP contribution in [0.15, 0.2) is 60.7 Å². The van der Waals surface area contributed by atoms with Gasteiger partial charge >= 0.3 is 0 Å². The lowest BCUT2D eigenvalue weighted by atomic mass is 10.2. The summed E-state index contributed by atoms with van der Waals surface area (Å²) in [4.78, 5) is 0. The van der Waals surface area contributed by atoms with Crippen molar-refractivity contribution in [1.29, 1.82) is 0 Å². The number of hydrogen-bond acceptors (Lipinski definition) is 4. The van der Waals surface area contributed by atoms with Gasteiger partial charge in [0.05, 0.1) is 0 Å². The first kappa shape index (κ1) is 20.6. The number of benzene rings is 2. The molecule has 0 saturated carbocycles. The molecular formula is C18H24N2O4S2. The van der Waals surface area contributed by atoms with E-state index in [9.17, 15) is 16.8 Å². The summed E-state index contributed by atoms with van der Waals surface area (Å²) in [5, 5.41) is 0. The molecule has 2 aromatic carbocycles. The molecule has 2 aromatic rings. The maximum atomic E-state index is 12.3. The molecule has 0 spiro atoms. The van der Waals surface area contributed by atoms with Gasteiger partial charge in [0.1, 0.15) is 0 Å². The largest absolute Gasteiger partial charge is 0.230 e. The molecule has 0 saturated heterocycles. The maximum absolute atomic E-state index is 12.3. The van der Waals surface area contributed by atoms with Crippen molar-refractivity contribution in [1.82, 2.24) is 9.44 Å². The van der Waals surface area contributed by atoms with Crippen molar-refractivity contribution in [3.05, 3.63) is 71.8 Å². The van der Waals surface area contributed by atoms with Crippen molar-refractivity contribution in [2.45, 2.75) is 24.3 Å². The highest BCUT2D eigenvalue weighted by atomic mass is 32.3. The van der Waals surface area contributed by atoms with Crippen LogP contribution in [0.3, 0.4) is 0 Å². The van der Waals surface area contributed by atoms with E-state index >= 15 is 0 Å². The minimum atomic E-state index is -3.98. The average molecular weight is 397 g/mol. The Balaban J connectivity index is 1.86. The topological polar surface area (TPSA) is 92.3 Å². The first-order valence-electron chi connectivity index (χ1n) is 8.36. The zero-order valence-corrected chi connectivity index (χ0v) is 16.3. The third-order valence-corrected chi connectivity index (χ3v) is 8.47. The lowest BCUT2D eigenvalue weighted by Gasteiger charge is -2.15. The van der Waals surface area contributed by atoms with Gasteiger partial charge < -0.3 is 0 Å². The summed E-state index contributed by atoms with van der Waals surface area (Å²) in [6, 6.07) is 18.8. The first-order valence-corrected chi connectivity index (χ1v) is 11.5. The van der Waals surface area contributed by atoms with Crippen LogP contribution in [0, 0.1) is 0 Å². The standard InChI is InChI=1S/C18H24N2O4S2/c1-16(25(21,22)19-14-12-17-8-4-2-5-9-17)26(23,24)20-15-13-18-10-6-3-7-11-18/h2-11,16,19-20H,12-15H2,1H3. The Morgan fingerprint density at radius 1 is 0.692 bits per heavy atom. The molecule has 0 atom stereocenters. The summed E-state index contributed by atoms with van der Waals surface area (Å²) in [6.07, 6.45) is 0.989. The van der Waals surface area contributed by atoms with Crippen molar-refractivity contribution < 1.29 is 16.8 Å². The lowest BCUT2D eigenvalue weighted by molar-refractivity contribution is 0.561. The molecular weight excluding hydrogens is 372 g/mol. The molecule has 2 N–H and O–H groups in total. The fraction of sp³-hybridized carbons (Fsp3) is 0.333. The Morgan fingerprint density at radius 2 is 1.04 bits per heavy atom. The number of nitrogens with one attached hydrogen (secondary N) is 2. The smallest absolute Gasteiger partial charge is 0.214 e. The van der Waals surface area contributed by atoms with E-state index < -0.39 is 24.6 Å². The summed E-state index contributed by atoms with van der Waals surface area (Å²) in [7, 11) is -7.97. The molecule has 0 unspecified atom stereocenters. The van der Waals surface area contributed by atoms with E-state index in [1.165, 1.54) is 6.92 Å². The summed E-state index contributed by atoms with van der Waals surface area (Å²) in [5.74, 6) is 0. The second kappa shape index (κ2) is 9.27. The van der Waals surface area contributed by atoms with E-state index in [-0.39, 0.29) is 13.1 Å². The second-order valence-corrected chi connectivity index (χ2v) is 10.4. The zero-order valence-electron chi connectivity index (χ0n) is 14.6. The SMILES string of the molecule is CC(S(=O)(=O)NCCc1ccccc1)S(=O)(=O)NCCc1ccccc1. The fourth-order valence-electron chi connectivity index (χ4n) is 2.37. The van der Waals surface area contributed by atoms with Crippen LogP contribution in [-0.4, -0.2) is 34.5 Å². The molecule has 0 aliphatic carbocycles. The van der Waals surface area contributed by atoms with Gasteiger partial charge in [-0.3, -0.25) is 0 Å². The zero-order chi connectivity index (χ0) is 19.0. The van der Waals surface area contributed by atoms with E-state index in [0.717, 1.165) is 11.1 Å². The van der Waals surface area contributed by atoms with Crippen LogP contribution in [0.2, 0.25) is 0 Å². The third-order valence-electron chi connectivity index (χ3n) is 3.99. The summed E-state index contributed by atoms with van der Waals surface area (Å²) in [6.45, 7) is 1.47. The molecule has 8 heteroatoms. The van der Waals surface area contributed by atoms with Crippen LogP contribution < -0.4 is 9.44 Å². The minimum Gasteiger partial charge on any atom is -0.214 e. The summed E-state index contributed by atoms with van der Waals surface area (Å²) in [5.41, 5.74) is 1.96. The molecule has 0 fully saturated rings. The average Bonchev–Trinajstić information content (AvgIpc) is 2.62. The molecule has 142 valence electrons. The fourth-order valence-corrected chi connectivity index (χ4v) is 5.35. The molecule has 0 aliphatic rings. The number of rotatable bonds is 10. The van der Waals surface area contributed by atoms with Crippen LogP contribution in [0.4, 0.5) is 0 Å². The third kappa shape index (κ3) is 6.21. The number of sulfonamides is 2. The Morgan fingerprint density at radius 3 is 1.38 bits per heavy atom. The van der Waals surface area contributed by atoms with Crippen molar-refractivity contribution in [2.24, 2.45) is 0 Å². The second-order valence-electron chi connectivity index (χ2n) is 5.92. The monoisotopic (exact) mass is 396 g/mol. The van der Waals surface area contributed by atoms with Crippen LogP contribution in [0.1, 0.15) is 18.1 Å². The Hall–Kier alpha value is -1.74. The van der Waals surface area contributed by atoms with Gasteiger partial charge in [0, 0.05) is 13.1 Å². The van der Waals surface area contributed by atoms with Gasteiger partial charge in [-0.1, -0.05) is 60.7 Å². The normalized spacial score (nSPS) is 12.4. The molecule has 26 heavy (non-hydrogen) atoms. The molecule has 0 aliphatic heterocycles. The molecule has 0 heterocycles. The van der Waals surface area contributed by atoms with Gasteiger partial charge in [-0.25, -0.2) is 26.3 Å². The van der Waals surface area contributed by atoms with E-state index in [0.29, 0.717) is 12.8 Å². The lowest BCUT2D eigenvalue weighted by Crippen LogP contribution is -2.44. The Bertz CT molecular complexity index is 808. The minimum absolute atomic E-state index is 0.149. The Kier molecular flexibility index (Phi) is 7.33. The Labute approximate surface area is 155 Å². The van der Waals surface area contributed by atoms with Crippen molar-refractivity contribution >= 4 is 20.0 Å². The van der Waals surface area contributed by atoms with Crippen molar-refractivity contribution in [2.75, 3.05) is 13.1 Å².